The van der Waals surface area contributed by atoms with Crippen molar-refractivity contribution in [2.45, 2.75) is 43.8 Å². The standard InChI is InChI=1S/C19H20N2O5S/c20-10-13(16(21)27)14(11-5-4-6-12(22)9-11)15-17(23)25-19(26-18(15)24)7-2-1-3-8-19/h4-6,9,13-14,22-23H,1-3,7-8H2,(H2,21,27). The SMILES string of the molecule is N#CC(C(N)=S)C(C1=C(O)OC2(CCCCC2)OC1=O)c1cccc(O)c1. The third-order valence-electron chi connectivity index (χ3n) is 4.95. The number of benzene rings is 1. The van der Waals surface area contributed by atoms with Crippen molar-refractivity contribution < 1.29 is 24.5 Å². The van der Waals surface area contributed by atoms with Gasteiger partial charge in [0, 0.05) is 18.8 Å². The van der Waals surface area contributed by atoms with Crippen LogP contribution in [0.25, 0.3) is 0 Å². The quantitative estimate of drug-likeness (QED) is 0.531. The first-order valence-electron chi connectivity index (χ1n) is 8.70. The maximum atomic E-state index is 12.8. The minimum absolute atomic E-state index is 0.0638. The lowest BCUT2D eigenvalue weighted by molar-refractivity contribution is -0.250. The van der Waals surface area contributed by atoms with Gasteiger partial charge >= 0.3 is 5.97 Å². The zero-order valence-corrected chi connectivity index (χ0v) is 15.4. The van der Waals surface area contributed by atoms with E-state index in [9.17, 15) is 20.3 Å². The van der Waals surface area contributed by atoms with Crippen LogP contribution in [-0.4, -0.2) is 27.0 Å². The molecule has 1 saturated carbocycles. The molecule has 0 radical (unpaired) electrons. The molecule has 0 amide bonds. The van der Waals surface area contributed by atoms with Gasteiger partial charge in [0.1, 0.15) is 17.2 Å². The summed E-state index contributed by atoms with van der Waals surface area (Å²) in [6.07, 6.45) is 3.62. The highest BCUT2D eigenvalue weighted by molar-refractivity contribution is 7.80. The first kappa shape index (κ1) is 19.0. The number of phenolic OH excluding ortho intramolecular Hbond substituents is 1. The van der Waals surface area contributed by atoms with Crippen LogP contribution in [0.5, 0.6) is 5.75 Å². The van der Waals surface area contributed by atoms with Gasteiger partial charge in [0.05, 0.1) is 11.1 Å². The molecule has 1 aliphatic carbocycles. The van der Waals surface area contributed by atoms with E-state index >= 15 is 0 Å². The monoisotopic (exact) mass is 388 g/mol. The van der Waals surface area contributed by atoms with Crippen LogP contribution >= 0.6 is 12.2 Å². The Kier molecular flexibility index (Phi) is 5.24. The average molecular weight is 388 g/mol. The summed E-state index contributed by atoms with van der Waals surface area (Å²) in [7, 11) is 0. The fourth-order valence-corrected chi connectivity index (χ4v) is 3.85. The lowest BCUT2D eigenvalue weighted by Crippen LogP contribution is -2.45. The van der Waals surface area contributed by atoms with Gasteiger partial charge in [-0.1, -0.05) is 30.8 Å². The Hall–Kier alpha value is -2.79. The van der Waals surface area contributed by atoms with Gasteiger partial charge in [-0.3, -0.25) is 0 Å². The summed E-state index contributed by atoms with van der Waals surface area (Å²) in [5, 5.41) is 30.0. The largest absolute Gasteiger partial charge is 0.508 e. The zero-order valence-electron chi connectivity index (χ0n) is 14.6. The molecule has 0 saturated heterocycles. The number of nitriles is 1. The van der Waals surface area contributed by atoms with Gasteiger partial charge in [-0.15, -0.1) is 0 Å². The van der Waals surface area contributed by atoms with Gasteiger partial charge in [-0.25, -0.2) is 4.79 Å². The normalized spacial score (nSPS) is 20.9. The molecule has 1 spiro atoms. The van der Waals surface area contributed by atoms with Crippen molar-refractivity contribution in [2.24, 2.45) is 11.7 Å². The number of rotatable bonds is 4. The Morgan fingerprint density at radius 1 is 1.26 bits per heavy atom. The summed E-state index contributed by atoms with van der Waals surface area (Å²) in [5.41, 5.74) is 5.87. The minimum atomic E-state index is -1.17. The van der Waals surface area contributed by atoms with Gasteiger partial charge in [0.2, 0.25) is 0 Å². The fraction of sp³-hybridized carbons (Fsp3) is 0.421. The second-order valence-corrected chi connectivity index (χ2v) is 7.23. The number of aliphatic hydroxyl groups excluding tert-OH is 1. The number of ether oxygens (including phenoxy) is 2. The maximum absolute atomic E-state index is 12.8. The topological polar surface area (TPSA) is 126 Å². The molecule has 1 aromatic carbocycles. The molecule has 1 aromatic rings. The molecule has 142 valence electrons. The van der Waals surface area contributed by atoms with Crippen molar-refractivity contribution in [1.82, 2.24) is 0 Å². The number of aromatic hydroxyl groups is 1. The highest BCUT2D eigenvalue weighted by Gasteiger charge is 2.48. The molecule has 4 N–H and O–H groups in total. The molecule has 7 nitrogen and oxygen atoms in total. The van der Waals surface area contributed by atoms with Crippen LogP contribution < -0.4 is 5.73 Å². The highest BCUT2D eigenvalue weighted by Crippen LogP contribution is 2.43. The molecule has 1 aliphatic heterocycles. The van der Waals surface area contributed by atoms with Crippen LogP contribution in [0.2, 0.25) is 0 Å². The summed E-state index contributed by atoms with van der Waals surface area (Å²) in [4.78, 5) is 12.7. The van der Waals surface area contributed by atoms with Crippen LogP contribution in [0.3, 0.4) is 0 Å². The Labute approximate surface area is 162 Å². The predicted molar refractivity (Wildman–Crippen MR) is 99.4 cm³/mol. The number of hydrogen-bond acceptors (Lipinski definition) is 7. The molecule has 27 heavy (non-hydrogen) atoms. The average Bonchev–Trinajstić information content (AvgIpc) is 2.60. The Bertz CT molecular complexity index is 839. The van der Waals surface area contributed by atoms with E-state index < -0.39 is 29.5 Å². The Morgan fingerprint density at radius 3 is 2.52 bits per heavy atom. The van der Waals surface area contributed by atoms with Gasteiger partial charge < -0.3 is 25.4 Å². The minimum Gasteiger partial charge on any atom is -0.508 e. The second kappa shape index (κ2) is 7.45. The number of phenols is 1. The van der Waals surface area contributed by atoms with Gasteiger partial charge in [-0.05, 0) is 30.5 Å². The molecule has 1 fully saturated rings. The number of thiocarbonyl (C=S) groups is 1. The van der Waals surface area contributed by atoms with E-state index in [1.165, 1.54) is 12.1 Å². The fourth-order valence-electron chi connectivity index (χ4n) is 3.66. The van der Waals surface area contributed by atoms with Crippen molar-refractivity contribution in [1.29, 1.82) is 5.26 Å². The predicted octanol–water partition coefficient (Wildman–Crippen LogP) is 2.91. The van der Waals surface area contributed by atoms with E-state index in [1.807, 2.05) is 6.07 Å². The maximum Gasteiger partial charge on any atom is 0.345 e. The van der Waals surface area contributed by atoms with E-state index in [4.69, 9.17) is 27.4 Å². The number of nitrogens with zero attached hydrogens (tertiary/aromatic N) is 1. The van der Waals surface area contributed by atoms with Crippen molar-refractivity contribution >= 4 is 23.2 Å². The van der Waals surface area contributed by atoms with E-state index in [-0.39, 0.29) is 16.3 Å². The van der Waals surface area contributed by atoms with Crippen LogP contribution in [0.4, 0.5) is 0 Å². The van der Waals surface area contributed by atoms with Gasteiger partial charge in [-0.2, -0.15) is 5.26 Å². The molecule has 1 heterocycles. The summed E-state index contributed by atoms with van der Waals surface area (Å²) < 4.78 is 11.2. The summed E-state index contributed by atoms with van der Waals surface area (Å²) in [6.45, 7) is 0. The van der Waals surface area contributed by atoms with Crippen LogP contribution in [0, 0.1) is 17.2 Å². The second-order valence-electron chi connectivity index (χ2n) is 6.76. The first-order chi connectivity index (χ1) is 12.9. The number of carbonyl (C=O) groups is 1. The van der Waals surface area contributed by atoms with Crippen LogP contribution in [-0.2, 0) is 14.3 Å². The first-order valence-corrected chi connectivity index (χ1v) is 9.11. The highest BCUT2D eigenvalue weighted by atomic mass is 32.1. The Balaban J connectivity index is 2.08. The van der Waals surface area contributed by atoms with Crippen molar-refractivity contribution in [3.05, 3.63) is 41.3 Å². The molecule has 0 bridgehead atoms. The van der Waals surface area contributed by atoms with Crippen LogP contribution in [0.1, 0.15) is 43.6 Å². The number of aliphatic hydroxyl groups is 1. The molecule has 2 unspecified atom stereocenters. The third-order valence-corrected chi connectivity index (χ3v) is 5.20. The van der Waals surface area contributed by atoms with E-state index in [2.05, 4.69) is 0 Å². The van der Waals surface area contributed by atoms with E-state index in [1.54, 1.807) is 12.1 Å². The lowest BCUT2D eigenvalue weighted by Gasteiger charge is -2.40. The number of carbonyl (C=O) groups excluding carboxylic acids is 1. The Morgan fingerprint density at radius 2 is 1.96 bits per heavy atom. The molecular weight excluding hydrogens is 368 g/mol. The molecule has 2 aliphatic rings. The molecule has 8 heteroatoms. The zero-order chi connectivity index (χ0) is 19.6. The lowest BCUT2D eigenvalue weighted by atomic mass is 9.80. The number of nitrogens with two attached hydrogens (primary N) is 1. The summed E-state index contributed by atoms with van der Waals surface area (Å²) in [5.74, 6) is -4.73. The molecular formula is C19H20N2O5S. The smallest absolute Gasteiger partial charge is 0.345 e. The summed E-state index contributed by atoms with van der Waals surface area (Å²) in [6, 6.07) is 7.96. The van der Waals surface area contributed by atoms with Gasteiger partial charge in [0.15, 0.2) is 0 Å². The van der Waals surface area contributed by atoms with Crippen molar-refractivity contribution in [3.8, 4) is 11.8 Å². The van der Waals surface area contributed by atoms with E-state index in [0.29, 0.717) is 18.4 Å². The number of hydrogen-bond donors (Lipinski definition) is 3. The van der Waals surface area contributed by atoms with Crippen molar-refractivity contribution in [3.63, 3.8) is 0 Å². The molecule has 2 atom stereocenters. The third kappa shape index (κ3) is 3.69. The molecule has 3 rings (SSSR count). The molecule has 0 aromatic heterocycles. The van der Waals surface area contributed by atoms with Crippen molar-refractivity contribution in [2.75, 3.05) is 0 Å². The number of esters is 1. The van der Waals surface area contributed by atoms with Crippen LogP contribution in [0.15, 0.2) is 35.8 Å². The summed E-state index contributed by atoms with van der Waals surface area (Å²) >= 11 is 4.99. The van der Waals surface area contributed by atoms with Gasteiger partial charge in [0.25, 0.3) is 11.7 Å². The van der Waals surface area contributed by atoms with E-state index in [0.717, 1.165) is 19.3 Å².